The Morgan fingerprint density at radius 2 is 1.90 bits per heavy atom. The molecule has 0 spiro atoms. The van der Waals surface area contributed by atoms with Crippen LogP contribution in [-0.4, -0.2) is 25.3 Å². The minimum absolute atomic E-state index is 0.0135. The van der Waals surface area contributed by atoms with Crippen molar-refractivity contribution in [2.75, 3.05) is 16.2 Å². The number of benzene rings is 2. The number of fused-ring (bicyclic) bond motifs is 1. The average molecular weight is 435 g/mol. The highest BCUT2D eigenvalue weighted by Crippen LogP contribution is 2.41. The van der Waals surface area contributed by atoms with Gasteiger partial charge in [-0.3, -0.25) is 4.72 Å². The summed E-state index contributed by atoms with van der Waals surface area (Å²) in [5, 5.41) is 0.767. The van der Waals surface area contributed by atoms with Gasteiger partial charge in [-0.1, -0.05) is 12.1 Å². The van der Waals surface area contributed by atoms with Crippen LogP contribution in [0.2, 0.25) is 0 Å². The van der Waals surface area contributed by atoms with Crippen molar-refractivity contribution in [3.63, 3.8) is 0 Å². The Balaban J connectivity index is 1.78. The molecule has 0 radical (unpaired) electrons. The van der Waals surface area contributed by atoms with Gasteiger partial charge < -0.3 is 15.0 Å². The number of halogens is 2. The molecule has 0 amide bonds. The fourth-order valence-electron chi connectivity index (χ4n) is 3.54. The predicted octanol–water partition coefficient (Wildman–Crippen LogP) is 4.66. The van der Waals surface area contributed by atoms with E-state index in [0.29, 0.717) is 17.3 Å². The van der Waals surface area contributed by atoms with E-state index < -0.39 is 16.6 Å². The highest BCUT2D eigenvalue weighted by Gasteiger charge is 2.26. The number of alkyl halides is 2. The number of hydrogen-bond donors (Lipinski definition) is 2. The summed E-state index contributed by atoms with van der Waals surface area (Å²) in [4.78, 5) is 0. The molecule has 1 aliphatic rings. The number of anilines is 2. The first-order valence-corrected chi connectivity index (χ1v) is 11.4. The lowest BCUT2D eigenvalue weighted by Crippen LogP contribution is -2.14. The number of nitrogen functional groups attached to an aromatic ring is 1. The van der Waals surface area contributed by atoms with Crippen LogP contribution in [-0.2, 0) is 16.6 Å². The smallest absolute Gasteiger partial charge is 0.387 e. The van der Waals surface area contributed by atoms with Gasteiger partial charge in [-0.05, 0) is 49.9 Å². The molecule has 9 heteroatoms. The molecule has 6 nitrogen and oxygen atoms in total. The predicted molar refractivity (Wildman–Crippen MR) is 114 cm³/mol. The van der Waals surface area contributed by atoms with Crippen LogP contribution in [0.15, 0.2) is 42.5 Å². The molecule has 0 atom stereocenters. The molecular formula is C21H23F2N3O3S. The molecule has 2 aromatic carbocycles. The van der Waals surface area contributed by atoms with Gasteiger partial charge in [0.15, 0.2) is 0 Å². The number of nitrogens with zero attached hydrogens (tertiary/aromatic N) is 1. The quantitative estimate of drug-likeness (QED) is 0.539. The molecule has 1 aromatic heterocycles. The molecule has 0 unspecified atom stereocenters. The van der Waals surface area contributed by atoms with Crippen molar-refractivity contribution in [2.24, 2.45) is 5.92 Å². The van der Waals surface area contributed by atoms with Crippen LogP contribution in [0.4, 0.5) is 20.2 Å². The van der Waals surface area contributed by atoms with Gasteiger partial charge in [0.05, 0.1) is 22.7 Å². The molecule has 3 aromatic rings. The Hall–Kier alpha value is -2.81. The minimum Gasteiger partial charge on any atom is -0.435 e. The molecule has 1 aliphatic carbocycles. The maximum absolute atomic E-state index is 12.7. The lowest BCUT2D eigenvalue weighted by molar-refractivity contribution is -0.0497. The number of sulfonamides is 1. The van der Waals surface area contributed by atoms with Crippen molar-refractivity contribution < 1.29 is 21.9 Å². The summed E-state index contributed by atoms with van der Waals surface area (Å²) in [5.41, 5.74) is 9.83. The minimum atomic E-state index is -3.36. The fraction of sp³-hybridized carbons (Fsp3) is 0.333. The van der Waals surface area contributed by atoms with E-state index in [1.165, 1.54) is 6.07 Å². The lowest BCUT2D eigenvalue weighted by Gasteiger charge is -2.13. The van der Waals surface area contributed by atoms with Gasteiger partial charge in [0.2, 0.25) is 10.0 Å². The third-order valence-corrected chi connectivity index (χ3v) is 6.56. The van der Waals surface area contributed by atoms with Gasteiger partial charge in [-0.15, -0.1) is 0 Å². The van der Waals surface area contributed by atoms with Crippen LogP contribution >= 0.6 is 0 Å². The summed E-state index contributed by atoms with van der Waals surface area (Å²) in [7, 11) is -3.36. The maximum atomic E-state index is 12.7. The summed E-state index contributed by atoms with van der Waals surface area (Å²) in [5.74, 6) is 0.595. The summed E-state index contributed by atoms with van der Waals surface area (Å²) in [6.07, 6.45) is 2.23. The zero-order chi connectivity index (χ0) is 21.5. The molecule has 1 fully saturated rings. The molecule has 160 valence electrons. The number of ether oxygens (including phenoxy) is 1. The van der Waals surface area contributed by atoms with E-state index in [0.717, 1.165) is 41.5 Å². The molecule has 1 heterocycles. The van der Waals surface area contributed by atoms with Crippen molar-refractivity contribution in [2.45, 2.75) is 32.9 Å². The molecule has 3 N–H and O–H groups in total. The molecule has 0 aliphatic heterocycles. The number of nitrogens with two attached hydrogens (primary N) is 1. The van der Waals surface area contributed by atoms with Crippen molar-refractivity contribution in [1.82, 2.24) is 4.57 Å². The van der Waals surface area contributed by atoms with E-state index in [-0.39, 0.29) is 11.5 Å². The van der Waals surface area contributed by atoms with Gasteiger partial charge >= 0.3 is 6.61 Å². The van der Waals surface area contributed by atoms with Gasteiger partial charge in [0.25, 0.3) is 0 Å². The monoisotopic (exact) mass is 435 g/mol. The van der Waals surface area contributed by atoms with Crippen LogP contribution in [0, 0.1) is 5.92 Å². The first-order chi connectivity index (χ1) is 14.3. The molecule has 1 saturated carbocycles. The zero-order valence-corrected chi connectivity index (χ0v) is 17.3. The Labute approximate surface area is 173 Å². The second-order valence-corrected chi connectivity index (χ2v) is 9.47. The Bertz CT molecular complexity index is 1170. The highest BCUT2D eigenvalue weighted by atomic mass is 32.2. The van der Waals surface area contributed by atoms with Crippen LogP contribution in [0.3, 0.4) is 0 Å². The largest absolute Gasteiger partial charge is 0.435 e. The Kier molecular flexibility index (Phi) is 5.31. The highest BCUT2D eigenvalue weighted by molar-refractivity contribution is 7.92. The molecule has 30 heavy (non-hydrogen) atoms. The van der Waals surface area contributed by atoms with E-state index in [2.05, 4.69) is 9.46 Å². The summed E-state index contributed by atoms with van der Waals surface area (Å²) >= 11 is 0. The molecule has 0 bridgehead atoms. The van der Waals surface area contributed by atoms with Crippen molar-refractivity contribution in [1.29, 1.82) is 0 Å². The van der Waals surface area contributed by atoms with E-state index in [9.17, 15) is 17.2 Å². The van der Waals surface area contributed by atoms with Crippen LogP contribution < -0.4 is 15.2 Å². The van der Waals surface area contributed by atoms with E-state index >= 15 is 0 Å². The first-order valence-electron chi connectivity index (χ1n) is 9.75. The second-order valence-electron chi connectivity index (χ2n) is 7.46. The third kappa shape index (κ3) is 4.21. The molecule has 0 saturated heterocycles. The topological polar surface area (TPSA) is 86.3 Å². The Morgan fingerprint density at radius 3 is 2.50 bits per heavy atom. The van der Waals surface area contributed by atoms with Gasteiger partial charge in [-0.2, -0.15) is 8.78 Å². The van der Waals surface area contributed by atoms with Crippen molar-refractivity contribution in [3.05, 3.63) is 42.5 Å². The second kappa shape index (κ2) is 7.79. The van der Waals surface area contributed by atoms with E-state index in [1.54, 1.807) is 43.3 Å². The van der Waals surface area contributed by atoms with Crippen LogP contribution in [0.1, 0.15) is 19.8 Å². The number of rotatable bonds is 8. The zero-order valence-electron chi connectivity index (χ0n) is 16.4. The van der Waals surface area contributed by atoms with E-state index in [1.807, 2.05) is 4.57 Å². The average Bonchev–Trinajstić information content (AvgIpc) is 3.47. The number of aromatic nitrogens is 1. The third-order valence-electron chi connectivity index (χ3n) is 5.25. The molecular weight excluding hydrogens is 412 g/mol. The molecule has 4 rings (SSSR count). The van der Waals surface area contributed by atoms with Crippen molar-refractivity contribution in [3.8, 4) is 17.0 Å². The lowest BCUT2D eigenvalue weighted by atomic mass is 10.1. The van der Waals surface area contributed by atoms with Crippen molar-refractivity contribution >= 4 is 32.3 Å². The summed E-state index contributed by atoms with van der Waals surface area (Å²) in [6.45, 7) is -0.601. The fourth-order valence-corrected chi connectivity index (χ4v) is 4.18. The summed E-state index contributed by atoms with van der Waals surface area (Å²) < 4.78 is 58.0. The normalized spacial score (nSPS) is 14.4. The Morgan fingerprint density at radius 1 is 1.20 bits per heavy atom. The van der Waals surface area contributed by atoms with Crippen LogP contribution in [0.25, 0.3) is 22.2 Å². The number of nitrogens with one attached hydrogen (secondary N) is 1. The number of hydrogen-bond acceptors (Lipinski definition) is 4. The van der Waals surface area contributed by atoms with Gasteiger partial charge in [0, 0.05) is 29.2 Å². The SMILES string of the molecule is CCS(=O)(=O)Nc1ccc(-c2c(N)c3ccc(OC(F)F)cc3n2CC2CC2)cc1. The van der Waals surface area contributed by atoms with E-state index in [4.69, 9.17) is 5.73 Å². The van der Waals surface area contributed by atoms with Crippen LogP contribution in [0.5, 0.6) is 5.75 Å². The summed E-state index contributed by atoms with van der Waals surface area (Å²) in [6, 6.07) is 11.8. The first kappa shape index (κ1) is 20.5. The maximum Gasteiger partial charge on any atom is 0.387 e. The standard InChI is InChI=1S/C21H23F2N3O3S/c1-2-30(27,28)25-15-7-5-14(6-8-15)20-19(24)17-10-9-16(29-21(22)23)11-18(17)26(20)12-13-3-4-13/h5-11,13,21,25H,2-4,12,24H2,1H3. The van der Waals surface area contributed by atoms with Gasteiger partial charge in [-0.25, -0.2) is 8.42 Å². The van der Waals surface area contributed by atoms with Gasteiger partial charge in [0.1, 0.15) is 5.75 Å².